The molecule has 0 saturated carbocycles. The molecule has 1 rings (SSSR count). The van der Waals surface area contributed by atoms with Gasteiger partial charge in [0.15, 0.2) is 6.61 Å². The van der Waals surface area contributed by atoms with Gasteiger partial charge in [0.05, 0.1) is 4.47 Å². The van der Waals surface area contributed by atoms with Crippen LogP contribution in [0, 0.1) is 0 Å². The number of nitrogens with two attached hydrogens (primary N) is 1. The van der Waals surface area contributed by atoms with E-state index >= 15 is 0 Å². The molecule has 4 nitrogen and oxygen atoms in total. The lowest BCUT2D eigenvalue weighted by Crippen LogP contribution is -2.29. The fraction of sp³-hybridized carbons (Fsp3) is 0.533. The summed E-state index contributed by atoms with van der Waals surface area (Å²) in [6.07, 6.45) is 2.87. The zero-order valence-electron chi connectivity index (χ0n) is 12.1. The van der Waals surface area contributed by atoms with Gasteiger partial charge in [-0.05, 0) is 53.4 Å². The average molecular weight is 343 g/mol. The first-order chi connectivity index (χ1) is 9.52. The molecule has 0 spiro atoms. The topological polar surface area (TPSA) is 64.3 Å². The highest BCUT2D eigenvalue weighted by Gasteiger charge is 2.07. The molecule has 1 amide bonds. The summed E-state index contributed by atoms with van der Waals surface area (Å²) in [6, 6.07) is 5.94. The second-order valence-electron chi connectivity index (χ2n) is 4.94. The predicted molar refractivity (Wildman–Crippen MR) is 84.9 cm³/mol. The molecule has 1 aromatic carbocycles. The minimum Gasteiger partial charge on any atom is -0.483 e. The molecule has 0 aromatic heterocycles. The molecule has 20 heavy (non-hydrogen) atoms. The van der Waals surface area contributed by atoms with Gasteiger partial charge in [-0.15, -0.1) is 0 Å². The van der Waals surface area contributed by atoms with Crippen molar-refractivity contribution < 1.29 is 9.53 Å². The number of benzene rings is 1. The van der Waals surface area contributed by atoms with Gasteiger partial charge in [-0.2, -0.15) is 0 Å². The Morgan fingerprint density at radius 1 is 1.50 bits per heavy atom. The highest BCUT2D eigenvalue weighted by molar-refractivity contribution is 9.10. The molecular formula is C15H23BrN2O2. The number of unbranched alkanes of at least 4 members (excludes halogenated alkanes) is 1. The van der Waals surface area contributed by atoms with E-state index in [1.807, 2.05) is 25.1 Å². The van der Waals surface area contributed by atoms with Gasteiger partial charge in [0.1, 0.15) is 5.75 Å². The van der Waals surface area contributed by atoms with Gasteiger partial charge in [0.2, 0.25) is 0 Å². The molecule has 0 aliphatic rings. The van der Waals surface area contributed by atoms with Crippen LogP contribution < -0.4 is 15.8 Å². The normalized spacial score (nSPS) is 12.0. The number of hydrogen-bond acceptors (Lipinski definition) is 3. The van der Waals surface area contributed by atoms with E-state index in [-0.39, 0.29) is 18.6 Å². The molecule has 0 bridgehead atoms. The molecule has 0 fully saturated rings. The van der Waals surface area contributed by atoms with Gasteiger partial charge < -0.3 is 15.8 Å². The van der Waals surface area contributed by atoms with E-state index in [0.717, 1.165) is 29.3 Å². The molecule has 0 heterocycles. The van der Waals surface area contributed by atoms with Gasteiger partial charge in [-0.25, -0.2) is 0 Å². The molecule has 0 aliphatic carbocycles. The maximum Gasteiger partial charge on any atom is 0.257 e. The third-order valence-corrected chi connectivity index (χ3v) is 3.38. The number of nitrogens with one attached hydrogen (secondary N) is 1. The van der Waals surface area contributed by atoms with Crippen LogP contribution in [0.5, 0.6) is 5.75 Å². The SMILES string of the molecule is CCCCNC(=O)COc1ccc(CC(C)N)cc1Br. The Labute approximate surface area is 129 Å². The largest absolute Gasteiger partial charge is 0.483 e. The molecule has 0 aliphatic heterocycles. The van der Waals surface area contributed by atoms with Crippen molar-refractivity contribution in [3.05, 3.63) is 28.2 Å². The van der Waals surface area contributed by atoms with Crippen molar-refractivity contribution in [2.24, 2.45) is 5.73 Å². The molecule has 1 unspecified atom stereocenters. The van der Waals surface area contributed by atoms with Crippen molar-refractivity contribution >= 4 is 21.8 Å². The Hall–Kier alpha value is -1.07. The van der Waals surface area contributed by atoms with Crippen LogP contribution in [0.25, 0.3) is 0 Å². The predicted octanol–water partition coefficient (Wildman–Crippen LogP) is 2.63. The first-order valence-corrected chi connectivity index (χ1v) is 7.75. The summed E-state index contributed by atoms with van der Waals surface area (Å²) in [5, 5.41) is 2.82. The molecular weight excluding hydrogens is 320 g/mol. The third-order valence-electron chi connectivity index (χ3n) is 2.77. The quantitative estimate of drug-likeness (QED) is 0.713. The molecule has 5 heteroatoms. The van der Waals surface area contributed by atoms with Crippen LogP contribution in [0.3, 0.4) is 0 Å². The van der Waals surface area contributed by atoms with Crippen LogP contribution in [-0.4, -0.2) is 25.1 Å². The Morgan fingerprint density at radius 3 is 2.85 bits per heavy atom. The van der Waals surface area contributed by atoms with E-state index in [9.17, 15) is 4.79 Å². The summed E-state index contributed by atoms with van der Waals surface area (Å²) in [5.41, 5.74) is 6.91. The zero-order chi connectivity index (χ0) is 15.0. The molecule has 1 atom stereocenters. The summed E-state index contributed by atoms with van der Waals surface area (Å²) >= 11 is 3.45. The summed E-state index contributed by atoms with van der Waals surface area (Å²) in [6.45, 7) is 4.80. The zero-order valence-corrected chi connectivity index (χ0v) is 13.7. The Kier molecular flexibility index (Phi) is 7.62. The second-order valence-corrected chi connectivity index (χ2v) is 5.79. The lowest BCUT2D eigenvalue weighted by molar-refractivity contribution is -0.123. The summed E-state index contributed by atoms with van der Waals surface area (Å²) in [7, 11) is 0. The third kappa shape index (κ3) is 6.39. The maximum atomic E-state index is 11.5. The number of ether oxygens (including phenoxy) is 1. The van der Waals surface area contributed by atoms with E-state index < -0.39 is 0 Å². The number of amides is 1. The fourth-order valence-corrected chi connectivity index (χ4v) is 2.30. The Balaban J connectivity index is 2.46. The van der Waals surface area contributed by atoms with Crippen molar-refractivity contribution in [3.63, 3.8) is 0 Å². The van der Waals surface area contributed by atoms with Crippen LogP contribution in [0.4, 0.5) is 0 Å². The lowest BCUT2D eigenvalue weighted by atomic mass is 10.1. The number of rotatable bonds is 8. The van der Waals surface area contributed by atoms with Gasteiger partial charge >= 0.3 is 0 Å². The van der Waals surface area contributed by atoms with Gasteiger partial charge in [0, 0.05) is 12.6 Å². The summed E-state index contributed by atoms with van der Waals surface area (Å²) in [5.74, 6) is 0.578. The minimum atomic E-state index is -0.0926. The molecule has 3 N–H and O–H groups in total. The van der Waals surface area contributed by atoms with E-state index in [2.05, 4.69) is 28.2 Å². The molecule has 1 aromatic rings. The maximum absolute atomic E-state index is 11.5. The van der Waals surface area contributed by atoms with Crippen LogP contribution >= 0.6 is 15.9 Å². The van der Waals surface area contributed by atoms with E-state index in [1.165, 1.54) is 0 Å². The van der Waals surface area contributed by atoms with Crippen molar-refractivity contribution in [1.29, 1.82) is 0 Å². The van der Waals surface area contributed by atoms with E-state index in [4.69, 9.17) is 10.5 Å². The van der Waals surface area contributed by atoms with Crippen molar-refractivity contribution in [2.45, 2.75) is 39.2 Å². The van der Waals surface area contributed by atoms with Crippen LogP contribution in [-0.2, 0) is 11.2 Å². The monoisotopic (exact) mass is 342 g/mol. The fourth-order valence-electron chi connectivity index (χ4n) is 1.76. The van der Waals surface area contributed by atoms with Gasteiger partial charge in [-0.1, -0.05) is 19.4 Å². The van der Waals surface area contributed by atoms with Crippen molar-refractivity contribution in [1.82, 2.24) is 5.32 Å². The number of hydrogen-bond donors (Lipinski definition) is 2. The number of halogens is 1. The molecule has 0 radical (unpaired) electrons. The van der Waals surface area contributed by atoms with Crippen molar-refractivity contribution in [2.75, 3.05) is 13.2 Å². The average Bonchev–Trinajstić information content (AvgIpc) is 2.37. The minimum absolute atomic E-state index is 0.0367. The van der Waals surface area contributed by atoms with Crippen LogP contribution in [0.1, 0.15) is 32.3 Å². The van der Waals surface area contributed by atoms with E-state index in [0.29, 0.717) is 12.3 Å². The number of carbonyl (C=O) groups is 1. The summed E-state index contributed by atoms with van der Waals surface area (Å²) < 4.78 is 6.34. The standard InChI is InChI=1S/C15H23BrN2O2/c1-3-4-7-18-15(19)10-20-14-6-5-12(8-11(2)17)9-13(14)16/h5-6,9,11H,3-4,7-8,10,17H2,1-2H3,(H,18,19). The molecule has 112 valence electrons. The Bertz CT molecular complexity index is 436. The Morgan fingerprint density at radius 2 is 2.25 bits per heavy atom. The van der Waals surface area contributed by atoms with Crippen molar-refractivity contribution in [3.8, 4) is 5.75 Å². The highest BCUT2D eigenvalue weighted by Crippen LogP contribution is 2.26. The second kappa shape index (κ2) is 8.97. The number of carbonyl (C=O) groups excluding carboxylic acids is 1. The smallest absolute Gasteiger partial charge is 0.257 e. The molecule has 0 saturated heterocycles. The van der Waals surface area contributed by atoms with E-state index in [1.54, 1.807) is 0 Å². The lowest BCUT2D eigenvalue weighted by Gasteiger charge is -2.11. The first-order valence-electron chi connectivity index (χ1n) is 6.96. The summed E-state index contributed by atoms with van der Waals surface area (Å²) in [4.78, 5) is 11.5. The van der Waals surface area contributed by atoms with Crippen LogP contribution in [0.15, 0.2) is 22.7 Å². The van der Waals surface area contributed by atoms with Gasteiger partial charge in [-0.3, -0.25) is 4.79 Å². The van der Waals surface area contributed by atoms with Gasteiger partial charge in [0.25, 0.3) is 5.91 Å². The van der Waals surface area contributed by atoms with Crippen LogP contribution in [0.2, 0.25) is 0 Å². The first kappa shape index (κ1) is 17.0. The highest BCUT2D eigenvalue weighted by atomic mass is 79.9.